The van der Waals surface area contributed by atoms with E-state index < -0.39 is 23.2 Å². The minimum Gasteiger partial charge on any atom is -0.497 e. The van der Waals surface area contributed by atoms with Gasteiger partial charge in [-0.1, -0.05) is 0 Å². The second kappa shape index (κ2) is 7.12. The summed E-state index contributed by atoms with van der Waals surface area (Å²) in [5.41, 5.74) is -0.535. The molecule has 0 unspecified atom stereocenters. The fourth-order valence-electron chi connectivity index (χ4n) is 2.84. The lowest BCUT2D eigenvalue weighted by atomic mass is 10.1. The average molecular weight is 398 g/mol. The number of benzene rings is 2. The molecule has 1 N–H and O–H groups in total. The van der Waals surface area contributed by atoms with Crippen LogP contribution in [0.1, 0.15) is 12.8 Å². The Morgan fingerprint density at radius 3 is 2.41 bits per heavy atom. The minimum absolute atomic E-state index is 0.00329. The predicted octanol–water partition coefficient (Wildman–Crippen LogP) is 4.09. The van der Waals surface area contributed by atoms with Gasteiger partial charge in [-0.2, -0.15) is 4.98 Å². The molecule has 6 nitrogen and oxygen atoms in total. The number of ether oxygens (including phenoxy) is 2. The maximum atomic E-state index is 14.5. The first-order chi connectivity index (χ1) is 13.9. The van der Waals surface area contributed by atoms with Crippen molar-refractivity contribution in [3.63, 3.8) is 0 Å². The van der Waals surface area contributed by atoms with E-state index in [0.717, 1.165) is 0 Å². The van der Waals surface area contributed by atoms with Crippen molar-refractivity contribution in [2.24, 2.45) is 0 Å². The van der Waals surface area contributed by atoms with E-state index in [9.17, 15) is 18.7 Å². The molecule has 0 spiro atoms. The Hall–Kier alpha value is -3.55. The van der Waals surface area contributed by atoms with Crippen LogP contribution in [0.25, 0.3) is 22.6 Å². The van der Waals surface area contributed by atoms with E-state index in [1.165, 1.54) is 55.6 Å². The molecule has 3 aromatic rings. The molecule has 1 aliphatic carbocycles. The van der Waals surface area contributed by atoms with Crippen molar-refractivity contribution in [2.45, 2.75) is 18.4 Å². The summed E-state index contributed by atoms with van der Waals surface area (Å²) >= 11 is 0. The van der Waals surface area contributed by atoms with Gasteiger partial charge >= 0.3 is 5.97 Å². The van der Waals surface area contributed by atoms with Gasteiger partial charge in [0.2, 0.25) is 11.5 Å². The highest BCUT2D eigenvalue weighted by Gasteiger charge is 2.54. The molecule has 1 aliphatic rings. The van der Waals surface area contributed by atoms with Crippen molar-refractivity contribution < 1.29 is 28.2 Å². The number of nitrogens with zero attached hydrogens (tertiary/aromatic N) is 2. The van der Waals surface area contributed by atoms with E-state index in [1.54, 1.807) is 0 Å². The van der Waals surface area contributed by atoms with Gasteiger partial charge in [0.25, 0.3) is 0 Å². The zero-order valence-corrected chi connectivity index (χ0v) is 15.4. The monoisotopic (exact) mass is 398 g/mol. The Labute approximate surface area is 164 Å². The largest absolute Gasteiger partial charge is 0.497 e. The number of hydrogen-bond donors (Lipinski definition) is 1. The molecule has 1 aromatic heterocycles. The summed E-state index contributed by atoms with van der Waals surface area (Å²) in [7, 11) is 1.46. The molecule has 8 heteroatoms. The molecule has 1 saturated carbocycles. The second-order valence-electron chi connectivity index (χ2n) is 6.67. The molecule has 29 heavy (non-hydrogen) atoms. The van der Waals surface area contributed by atoms with E-state index in [2.05, 4.69) is 9.97 Å². The smallest absolute Gasteiger partial charge is 0.348 e. The number of rotatable bonds is 6. The van der Waals surface area contributed by atoms with Crippen LogP contribution >= 0.6 is 0 Å². The highest BCUT2D eigenvalue weighted by molar-refractivity contribution is 5.81. The van der Waals surface area contributed by atoms with Crippen molar-refractivity contribution in [2.75, 3.05) is 7.11 Å². The molecular weight excluding hydrogens is 382 g/mol. The molecule has 148 valence electrons. The Morgan fingerprint density at radius 2 is 1.79 bits per heavy atom. The van der Waals surface area contributed by atoms with Gasteiger partial charge in [-0.3, -0.25) is 0 Å². The van der Waals surface area contributed by atoms with Crippen LogP contribution in [0.2, 0.25) is 0 Å². The molecule has 1 fully saturated rings. The topological polar surface area (TPSA) is 81.5 Å². The third kappa shape index (κ3) is 3.73. The molecule has 0 atom stereocenters. The lowest BCUT2D eigenvalue weighted by molar-refractivity contribution is -0.147. The normalized spacial score (nSPS) is 14.3. The highest BCUT2D eigenvalue weighted by Crippen LogP contribution is 2.41. The minimum atomic E-state index is -1.33. The summed E-state index contributed by atoms with van der Waals surface area (Å²) in [4.78, 5) is 20.1. The Kier molecular flexibility index (Phi) is 4.62. The van der Waals surface area contributed by atoms with E-state index >= 15 is 0 Å². The Balaban J connectivity index is 1.84. The number of halogens is 2. The predicted molar refractivity (Wildman–Crippen MR) is 99.6 cm³/mol. The maximum Gasteiger partial charge on any atom is 0.348 e. The third-order valence-electron chi connectivity index (χ3n) is 4.65. The van der Waals surface area contributed by atoms with Crippen LogP contribution in [-0.4, -0.2) is 33.8 Å². The van der Waals surface area contributed by atoms with Gasteiger partial charge in [-0.05, 0) is 42.5 Å². The quantitative estimate of drug-likeness (QED) is 0.674. The first kappa shape index (κ1) is 18.8. The summed E-state index contributed by atoms with van der Waals surface area (Å²) in [6.07, 6.45) is 0.697. The van der Waals surface area contributed by atoms with Crippen LogP contribution < -0.4 is 9.47 Å². The van der Waals surface area contributed by atoms with Gasteiger partial charge in [0, 0.05) is 30.0 Å². The summed E-state index contributed by atoms with van der Waals surface area (Å²) in [5.74, 6) is -1.48. The second-order valence-corrected chi connectivity index (χ2v) is 6.67. The molecule has 2 aromatic carbocycles. The van der Waals surface area contributed by atoms with E-state index in [-0.39, 0.29) is 23.0 Å². The lowest BCUT2D eigenvalue weighted by Gasteiger charge is -2.15. The standard InChI is InChI=1S/C21H16F2N2O4/c1-28-14-6-7-16(23)15(10-14)17-11-18(29-21(8-9-21)20(26)27)25-19(24-17)12-2-4-13(22)5-3-12/h2-7,10-11H,8-9H2,1H3,(H,26,27). The number of carboxylic acid groups (broad SMARTS) is 1. The average Bonchev–Trinajstić information content (AvgIpc) is 3.49. The van der Waals surface area contributed by atoms with Gasteiger partial charge in [0.1, 0.15) is 17.4 Å². The van der Waals surface area contributed by atoms with Crippen LogP contribution in [0.15, 0.2) is 48.5 Å². The van der Waals surface area contributed by atoms with Gasteiger partial charge < -0.3 is 14.6 Å². The number of carbonyl (C=O) groups is 1. The molecule has 4 rings (SSSR count). The zero-order valence-electron chi connectivity index (χ0n) is 15.4. The van der Waals surface area contributed by atoms with Gasteiger partial charge in [0.05, 0.1) is 12.8 Å². The summed E-state index contributed by atoms with van der Waals surface area (Å²) in [6, 6.07) is 11.0. The fourth-order valence-corrected chi connectivity index (χ4v) is 2.84. The van der Waals surface area contributed by atoms with Gasteiger partial charge in [-0.25, -0.2) is 18.6 Å². The van der Waals surface area contributed by atoms with Gasteiger partial charge in [0.15, 0.2) is 5.82 Å². The van der Waals surface area contributed by atoms with Crippen molar-refractivity contribution in [1.82, 2.24) is 9.97 Å². The maximum absolute atomic E-state index is 14.5. The number of hydrogen-bond acceptors (Lipinski definition) is 5. The molecule has 0 bridgehead atoms. The highest BCUT2D eigenvalue weighted by atomic mass is 19.1. The van der Waals surface area contributed by atoms with E-state index in [1.807, 2.05) is 0 Å². The van der Waals surface area contributed by atoms with Crippen LogP contribution in [0.4, 0.5) is 8.78 Å². The molecular formula is C21H16F2N2O4. The number of methoxy groups -OCH3 is 1. The summed E-state index contributed by atoms with van der Waals surface area (Å²) < 4.78 is 38.6. The van der Waals surface area contributed by atoms with E-state index in [0.29, 0.717) is 24.2 Å². The molecule has 0 aliphatic heterocycles. The lowest BCUT2D eigenvalue weighted by Crippen LogP contribution is -2.29. The molecule has 0 amide bonds. The molecule has 1 heterocycles. The van der Waals surface area contributed by atoms with E-state index in [4.69, 9.17) is 9.47 Å². The first-order valence-electron chi connectivity index (χ1n) is 8.81. The molecule has 0 radical (unpaired) electrons. The van der Waals surface area contributed by atoms with Crippen molar-refractivity contribution in [1.29, 1.82) is 0 Å². The fraction of sp³-hybridized carbons (Fsp3) is 0.190. The molecule has 0 saturated heterocycles. The van der Waals surface area contributed by atoms with Crippen molar-refractivity contribution in [3.05, 3.63) is 60.2 Å². The number of aliphatic carboxylic acids is 1. The zero-order chi connectivity index (χ0) is 20.6. The van der Waals surface area contributed by atoms with Gasteiger partial charge in [-0.15, -0.1) is 0 Å². The van der Waals surface area contributed by atoms with Crippen LogP contribution in [0, 0.1) is 11.6 Å². The Morgan fingerprint density at radius 1 is 1.07 bits per heavy atom. The van der Waals surface area contributed by atoms with Crippen LogP contribution in [-0.2, 0) is 4.79 Å². The van der Waals surface area contributed by atoms with Crippen LogP contribution in [0.3, 0.4) is 0 Å². The summed E-state index contributed by atoms with van der Waals surface area (Å²) in [6.45, 7) is 0. The van der Waals surface area contributed by atoms with Crippen molar-refractivity contribution in [3.8, 4) is 34.3 Å². The number of carboxylic acids is 1. The number of aromatic nitrogens is 2. The van der Waals surface area contributed by atoms with Crippen molar-refractivity contribution >= 4 is 5.97 Å². The SMILES string of the molecule is COc1ccc(F)c(-c2cc(OC3(C(=O)O)CC3)nc(-c3ccc(F)cc3)n2)c1. The third-order valence-corrected chi connectivity index (χ3v) is 4.65. The summed E-state index contributed by atoms with van der Waals surface area (Å²) in [5, 5.41) is 9.39. The Bertz CT molecular complexity index is 1080. The van der Waals surface area contributed by atoms with Crippen LogP contribution in [0.5, 0.6) is 11.6 Å². The first-order valence-corrected chi connectivity index (χ1v) is 8.81.